The van der Waals surface area contributed by atoms with Gasteiger partial charge in [-0.25, -0.2) is 9.78 Å². The topological polar surface area (TPSA) is 135 Å². The van der Waals surface area contributed by atoms with Crippen molar-refractivity contribution in [2.75, 3.05) is 6.61 Å². The van der Waals surface area contributed by atoms with Crippen LogP contribution in [0.15, 0.2) is 11.4 Å². The Morgan fingerprint density at radius 3 is 2.81 bits per heavy atom. The Morgan fingerprint density at radius 2 is 2.29 bits per heavy atom. The van der Waals surface area contributed by atoms with Crippen molar-refractivity contribution in [3.8, 4) is 0 Å². The molecule has 0 unspecified atom stereocenters. The normalized spacial score (nSPS) is 10.5. The molecule has 2 rings (SSSR count). The van der Waals surface area contributed by atoms with Gasteiger partial charge in [0.1, 0.15) is 4.88 Å². The molecule has 0 aliphatic carbocycles. The van der Waals surface area contributed by atoms with E-state index in [1.54, 1.807) is 6.92 Å². The highest BCUT2D eigenvalue weighted by molar-refractivity contribution is 7.19. The maximum Gasteiger partial charge on any atom is 0.351 e. The average molecular weight is 311 g/mol. The SMILES string of the molecule is C=C(OCC)c1nc2c([N+](=O)[O-])sc(C(=O)O)c2c(=O)[nH]1. The van der Waals surface area contributed by atoms with Gasteiger partial charge in [-0.1, -0.05) is 17.9 Å². The molecule has 0 saturated heterocycles. The number of aromatic carboxylic acids is 1. The summed E-state index contributed by atoms with van der Waals surface area (Å²) in [6, 6.07) is 0. The van der Waals surface area contributed by atoms with Crippen LogP contribution in [0, 0.1) is 10.1 Å². The van der Waals surface area contributed by atoms with Crippen LogP contribution in [0.2, 0.25) is 0 Å². The maximum atomic E-state index is 12.0. The number of carboxylic acid groups (broad SMARTS) is 1. The number of nitro groups is 1. The van der Waals surface area contributed by atoms with Gasteiger partial charge >= 0.3 is 11.0 Å². The molecule has 0 aliphatic heterocycles. The first kappa shape index (κ1) is 14.7. The van der Waals surface area contributed by atoms with Gasteiger partial charge in [0.05, 0.1) is 16.9 Å². The largest absolute Gasteiger partial charge is 0.491 e. The summed E-state index contributed by atoms with van der Waals surface area (Å²) in [5, 5.41) is 19.2. The minimum atomic E-state index is -1.43. The Morgan fingerprint density at radius 1 is 1.62 bits per heavy atom. The number of hydrogen-bond acceptors (Lipinski definition) is 7. The first-order chi connectivity index (χ1) is 9.86. The molecule has 0 radical (unpaired) electrons. The van der Waals surface area contributed by atoms with Gasteiger partial charge in [-0.05, 0) is 6.92 Å². The Kier molecular flexibility index (Phi) is 3.72. The summed E-state index contributed by atoms with van der Waals surface area (Å²) >= 11 is 0.385. The van der Waals surface area contributed by atoms with E-state index in [4.69, 9.17) is 9.84 Å². The lowest BCUT2D eigenvalue weighted by atomic mass is 10.3. The second kappa shape index (κ2) is 5.32. The Labute approximate surface area is 120 Å². The summed E-state index contributed by atoms with van der Waals surface area (Å²) in [6.45, 7) is 5.50. The molecule has 9 nitrogen and oxygen atoms in total. The van der Waals surface area contributed by atoms with E-state index in [-0.39, 0.29) is 29.1 Å². The van der Waals surface area contributed by atoms with Crippen LogP contribution >= 0.6 is 11.3 Å². The Balaban J connectivity index is 2.82. The zero-order chi connectivity index (χ0) is 15.7. The predicted octanol–water partition coefficient (Wildman–Crippen LogP) is 1.60. The third-order valence-corrected chi connectivity index (χ3v) is 3.61. The second-order valence-corrected chi connectivity index (χ2v) is 4.79. The highest BCUT2D eigenvalue weighted by Gasteiger charge is 2.28. The molecule has 0 fully saturated rings. The number of H-pyrrole nitrogens is 1. The number of aromatic amines is 1. The number of thiophene rings is 1. The lowest BCUT2D eigenvalue weighted by Crippen LogP contribution is -2.13. The van der Waals surface area contributed by atoms with E-state index in [1.807, 2.05) is 0 Å². The lowest BCUT2D eigenvalue weighted by Gasteiger charge is -2.05. The number of fused-ring (bicyclic) bond motifs is 1. The van der Waals surface area contributed by atoms with Gasteiger partial charge in [0.15, 0.2) is 17.1 Å². The number of carbonyl (C=O) groups is 1. The average Bonchev–Trinajstić information content (AvgIpc) is 2.79. The molecule has 0 bridgehead atoms. The molecule has 0 saturated carbocycles. The van der Waals surface area contributed by atoms with Crippen molar-refractivity contribution in [3.63, 3.8) is 0 Å². The van der Waals surface area contributed by atoms with Crippen LogP contribution < -0.4 is 5.56 Å². The van der Waals surface area contributed by atoms with E-state index in [2.05, 4.69) is 16.5 Å². The molecule has 0 spiro atoms. The summed E-state index contributed by atoms with van der Waals surface area (Å²) in [7, 11) is 0. The summed E-state index contributed by atoms with van der Waals surface area (Å²) < 4.78 is 5.08. The van der Waals surface area contributed by atoms with Crippen LogP contribution in [0.25, 0.3) is 16.7 Å². The molecule has 0 aromatic carbocycles. The van der Waals surface area contributed by atoms with Crippen LogP contribution in [0.3, 0.4) is 0 Å². The number of hydrogen-bond donors (Lipinski definition) is 2. The zero-order valence-electron chi connectivity index (χ0n) is 10.7. The summed E-state index contributed by atoms with van der Waals surface area (Å²) in [4.78, 5) is 39.1. The number of nitrogens with zero attached hydrogens (tertiary/aromatic N) is 2. The van der Waals surface area contributed by atoms with Crippen molar-refractivity contribution in [1.82, 2.24) is 9.97 Å². The number of rotatable bonds is 5. The summed E-state index contributed by atoms with van der Waals surface area (Å²) in [6.07, 6.45) is 0. The number of aromatic nitrogens is 2. The van der Waals surface area contributed by atoms with Crippen LogP contribution in [-0.2, 0) is 4.74 Å². The van der Waals surface area contributed by atoms with Crippen LogP contribution in [0.5, 0.6) is 0 Å². The van der Waals surface area contributed by atoms with Gasteiger partial charge in [0, 0.05) is 0 Å². The van der Waals surface area contributed by atoms with Crippen molar-refractivity contribution in [3.05, 3.63) is 37.7 Å². The van der Waals surface area contributed by atoms with Gasteiger partial charge in [-0.15, -0.1) is 0 Å². The van der Waals surface area contributed by atoms with Gasteiger partial charge in [0.25, 0.3) is 5.56 Å². The van der Waals surface area contributed by atoms with Gasteiger partial charge in [-0.2, -0.15) is 0 Å². The number of nitrogens with one attached hydrogen (secondary N) is 1. The van der Waals surface area contributed by atoms with Crippen molar-refractivity contribution in [2.24, 2.45) is 0 Å². The van der Waals surface area contributed by atoms with Gasteiger partial charge in [-0.3, -0.25) is 14.9 Å². The fourth-order valence-corrected chi connectivity index (χ4v) is 2.57. The maximum absolute atomic E-state index is 12.0. The van der Waals surface area contributed by atoms with Crippen molar-refractivity contribution < 1.29 is 19.6 Å². The van der Waals surface area contributed by atoms with E-state index in [0.717, 1.165) is 0 Å². The number of carboxylic acids is 1. The molecule has 2 aromatic heterocycles. The molecule has 2 heterocycles. The summed E-state index contributed by atoms with van der Waals surface area (Å²) in [5.41, 5.74) is -1.08. The minimum absolute atomic E-state index is 0.0360. The molecular formula is C11H9N3O6S. The van der Waals surface area contributed by atoms with E-state index >= 15 is 0 Å². The standard InChI is InChI=1S/C11H9N3O6S/c1-3-20-4(2)8-12-6-5(9(15)13-8)7(11(16)17)21-10(6)14(18)19/h2-3H2,1H3,(H,16,17)(H,12,13,15). The van der Waals surface area contributed by atoms with E-state index < -0.39 is 26.3 Å². The highest BCUT2D eigenvalue weighted by atomic mass is 32.1. The number of ether oxygens (including phenoxy) is 1. The quantitative estimate of drug-likeness (QED) is 0.486. The summed E-state index contributed by atoms with van der Waals surface area (Å²) in [5.74, 6) is -1.47. The minimum Gasteiger partial charge on any atom is -0.491 e. The monoisotopic (exact) mass is 311 g/mol. The first-order valence-corrected chi connectivity index (χ1v) is 6.45. The van der Waals surface area contributed by atoms with Crippen molar-refractivity contribution in [2.45, 2.75) is 6.92 Å². The fraction of sp³-hybridized carbons (Fsp3) is 0.182. The molecule has 0 amide bonds. The van der Waals surface area contributed by atoms with E-state index in [0.29, 0.717) is 11.3 Å². The van der Waals surface area contributed by atoms with Crippen molar-refractivity contribution >= 4 is 39.0 Å². The van der Waals surface area contributed by atoms with Crippen LogP contribution in [0.4, 0.5) is 5.00 Å². The third kappa shape index (κ3) is 2.48. The van der Waals surface area contributed by atoms with E-state index in [9.17, 15) is 19.7 Å². The molecular weight excluding hydrogens is 302 g/mol. The molecule has 110 valence electrons. The Hall–Kier alpha value is -2.75. The molecule has 0 atom stereocenters. The van der Waals surface area contributed by atoms with Crippen molar-refractivity contribution in [1.29, 1.82) is 0 Å². The smallest absolute Gasteiger partial charge is 0.351 e. The molecule has 10 heteroatoms. The van der Waals surface area contributed by atoms with Gasteiger partial charge in [0.2, 0.25) is 0 Å². The van der Waals surface area contributed by atoms with Crippen LogP contribution in [0.1, 0.15) is 22.4 Å². The predicted molar refractivity (Wildman–Crippen MR) is 74.5 cm³/mol. The lowest BCUT2D eigenvalue weighted by molar-refractivity contribution is -0.378. The van der Waals surface area contributed by atoms with E-state index in [1.165, 1.54) is 0 Å². The first-order valence-electron chi connectivity index (χ1n) is 5.63. The third-order valence-electron chi connectivity index (χ3n) is 2.49. The molecule has 2 aromatic rings. The molecule has 2 N–H and O–H groups in total. The highest BCUT2D eigenvalue weighted by Crippen LogP contribution is 2.34. The molecule has 0 aliphatic rings. The van der Waals surface area contributed by atoms with Gasteiger partial charge < -0.3 is 14.8 Å². The molecule has 21 heavy (non-hydrogen) atoms. The fourth-order valence-electron chi connectivity index (χ4n) is 1.68. The second-order valence-electron chi connectivity index (χ2n) is 3.79. The zero-order valence-corrected chi connectivity index (χ0v) is 11.5. The van der Waals surface area contributed by atoms with Crippen LogP contribution in [-0.4, -0.2) is 32.6 Å². The Bertz CT molecular complexity index is 821.